The van der Waals surface area contributed by atoms with Gasteiger partial charge in [0, 0.05) is 13.2 Å². The van der Waals surface area contributed by atoms with Crippen molar-refractivity contribution in [3.05, 3.63) is 0 Å². The van der Waals surface area contributed by atoms with Gasteiger partial charge in [-0.3, -0.25) is 4.90 Å². The van der Waals surface area contributed by atoms with Crippen molar-refractivity contribution in [1.82, 2.24) is 4.90 Å². The van der Waals surface area contributed by atoms with Gasteiger partial charge in [0.2, 0.25) is 0 Å². The van der Waals surface area contributed by atoms with E-state index in [1.165, 1.54) is 19.3 Å². The molecule has 11 heavy (non-hydrogen) atoms. The van der Waals surface area contributed by atoms with Gasteiger partial charge in [-0.25, -0.2) is 0 Å². The van der Waals surface area contributed by atoms with E-state index in [4.69, 9.17) is 4.74 Å². The molecule has 68 valence electrons. The Morgan fingerprint density at radius 3 is 2.55 bits per heavy atom. The summed E-state index contributed by atoms with van der Waals surface area (Å²) in [6.07, 6.45) is 3.87. The Morgan fingerprint density at radius 2 is 2.09 bits per heavy atom. The molecular weight excluding hydrogens is 138 g/mol. The van der Waals surface area contributed by atoms with Crippen LogP contribution in [0.15, 0.2) is 0 Å². The van der Waals surface area contributed by atoms with E-state index in [0.29, 0.717) is 6.04 Å². The molecule has 0 aliphatic heterocycles. The zero-order chi connectivity index (χ0) is 8.69. The minimum atomic E-state index is 0.648. The van der Waals surface area contributed by atoms with Gasteiger partial charge >= 0.3 is 0 Å². The highest BCUT2D eigenvalue weighted by Gasteiger charge is 2.06. The lowest BCUT2D eigenvalue weighted by molar-refractivity contribution is 0.0549. The van der Waals surface area contributed by atoms with Gasteiger partial charge in [-0.1, -0.05) is 19.8 Å². The molecule has 0 spiro atoms. The molecule has 1 unspecified atom stereocenters. The highest BCUT2D eigenvalue weighted by Crippen LogP contribution is 2.05. The molecule has 0 aliphatic carbocycles. The van der Waals surface area contributed by atoms with Crippen LogP contribution in [0.1, 0.15) is 33.1 Å². The van der Waals surface area contributed by atoms with E-state index in [0.717, 1.165) is 6.73 Å². The van der Waals surface area contributed by atoms with Crippen LogP contribution in [-0.4, -0.2) is 31.8 Å². The fourth-order valence-corrected chi connectivity index (χ4v) is 1.05. The maximum absolute atomic E-state index is 5.03. The Balaban J connectivity index is 3.38. The van der Waals surface area contributed by atoms with Gasteiger partial charge < -0.3 is 4.74 Å². The van der Waals surface area contributed by atoms with Crippen LogP contribution in [0.25, 0.3) is 0 Å². The first-order chi connectivity index (χ1) is 5.22. The SMILES string of the molecule is CCCCC(C)N(C)COC. The summed E-state index contributed by atoms with van der Waals surface area (Å²) in [5.74, 6) is 0. The lowest BCUT2D eigenvalue weighted by Crippen LogP contribution is -2.30. The summed E-state index contributed by atoms with van der Waals surface area (Å²) in [5, 5.41) is 0. The monoisotopic (exact) mass is 159 g/mol. The second-order valence-electron chi connectivity index (χ2n) is 3.17. The highest BCUT2D eigenvalue weighted by atomic mass is 16.5. The van der Waals surface area contributed by atoms with Crippen LogP contribution in [0.3, 0.4) is 0 Å². The molecule has 1 atom stereocenters. The maximum Gasteiger partial charge on any atom is 0.0986 e. The predicted octanol–water partition coefficient (Wildman–Crippen LogP) is 2.10. The van der Waals surface area contributed by atoms with Gasteiger partial charge in [0.05, 0.1) is 6.73 Å². The third-order valence-electron chi connectivity index (χ3n) is 2.06. The fraction of sp³-hybridized carbons (Fsp3) is 1.00. The third kappa shape index (κ3) is 5.22. The minimum absolute atomic E-state index is 0.648. The zero-order valence-corrected chi connectivity index (χ0v) is 8.26. The molecule has 2 nitrogen and oxygen atoms in total. The van der Waals surface area contributed by atoms with Crippen LogP contribution in [0, 0.1) is 0 Å². The Hall–Kier alpha value is -0.0800. The van der Waals surface area contributed by atoms with E-state index in [9.17, 15) is 0 Å². The smallest absolute Gasteiger partial charge is 0.0986 e. The Labute approximate surface area is 70.5 Å². The number of hydrogen-bond acceptors (Lipinski definition) is 2. The molecular formula is C9H21NO. The van der Waals surface area contributed by atoms with Gasteiger partial charge in [0.15, 0.2) is 0 Å². The number of ether oxygens (including phenoxy) is 1. The summed E-state index contributed by atoms with van der Waals surface area (Å²) in [7, 11) is 3.84. The molecule has 0 aromatic heterocycles. The van der Waals surface area contributed by atoms with Crippen LogP contribution in [-0.2, 0) is 4.74 Å². The number of methoxy groups -OCH3 is 1. The van der Waals surface area contributed by atoms with E-state index in [2.05, 4.69) is 25.8 Å². The molecule has 0 N–H and O–H groups in total. The lowest BCUT2D eigenvalue weighted by atomic mass is 10.1. The summed E-state index contributed by atoms with van der Waals surface area (Å²) >= 11 is 0. The average Bonchev–Trinajstić information content (AvgIpc) is 2.00. The quantitative estimate of drug-likeness (QED) is 0.550. The minimum Gasteiger partial charge on any atom is -0.369 e. The number of nitrogens with zero attached hydrogens (tertiary/aromatic N) is 1. The van der Waals surface area contributed by atoms with Crippen molar-refractivity contribution in [3.63, 3.8) is 0 Å². The van der Waals surface area contributed by atoms with E-state index in [1.54, 1.807) is 7.11 Å². The molecule has 0 aromatic carbocycles. The fourth-order valence-electron chi connectivity index (χ4n) is 1.05. The van der Waals surface area contributed by atoms with Crippen molar-refractivity contribution in [2.24, 2.45) is 0 Å². The summed E-state index contributed by atoms with van der Waals surface area (Å²) in [5.41, 5.74) is 0. The third-order valence-corrected chi connectivity index (χ3v) is 2.06. The summed E-state index contributed by atoms with van der Waals surface area (Å²) < 4.78 is 5.03. The van der Waals surface area contributed by atoms with Crippen molar-refractivity contribution in [2.45, 2.75) is 39.2 Å². The molecule has 0 bridgehead atoms. The van der Waals surface area contributed by atoms with Crippen LogP contribution in [0.5, 0.6) is 0 Å². The summed E-state index contributed by atoms with van der Waals surface area (Å²) in [4.78, 5) is 2.23. The topological polar surface area (TPSA) is 12.5 Å². The average molecular weight is 159 g/mol. The standard InChI is InChI=1S/C9H21NO/c1-5-6-7-9(2)10(3)8-11-4/h9H,5-8H2,1-4H3. The van der Waals surface area contributed by atoms with Gasteiger partial charge in [0.1, 0.15) is 0 Å². The van der Waals surface area contributed by atoms with Crippen molar-refractivity contribution in [2.75, 3.05) is 20.9 Å². The normalized spacial score (nSPS) is 13.9. The summed E-state index contributed by atoms with van der Waals surface area (Å²) in [6.45, 7) is 5.21. The largest absolute Gasteiger partial charge is 0.369 e. The molecule has 0 aromatic rings. The first kappa shape index (κ1) is 10.9. The Morgan fingerprint density at radius 1 is 1.45 bits per heavy atom. The van der Waals surface area contributed by atoms with Crippen LogP contribution >= 0.6 is 0 Å². The van der Waals surface area contributed by atoms with Crippen LogP contribution in [0.2, 0.25) is 0 Å². The van der Waals surface area contributed by atoms with Crippen molar-refractivity contribution in [3.8, 4) is 0 Å². The van der Waals surface area contributed by atoms with E-state index < -0.39 is 0 Å². The Kier molecular flexibility index (Phi) is 6.57. The highest BCUT2D eigenvalue weighted by molar-refractivity contribution is 4.59. The van der Waals surface area contributed by atoms with Gasteiger partial charge in [-0.2, -0.15) is 0 Å². The molecule has 0 amide bonds. The van der Waals surface area contributed by atoms with Gasteiger partial charge in [0.25, 0.3) is 0 Å². The van der Waals surface area contributed by atoms with Crippen LogP contribution in [0.4, 0.5) is 0 Å². The van der Waals surface area contributed by atoms with Crippen molar-refractivity contribution < 1.29 is 4.74 Å². The molecule has 0 radical (unpaired) electrons. The molecule has 0 saturated heterocycles. The number of rotatable bonds is 6. The number of unbranched alkanes of at least 4 members (excludes halogenated alkanes) is 1. The number of hydrogen-bond donors (Lipinski definition) is 0. The van der Waals surface area contributed by atoms with Crippen LogP contribution < -0.4 is 0 Å². The van der Waals surface area contributed by atoms with E-state index in [-0.39, 0.29) is 0 Å². The molecule has 0 aliphatic rings. The van der Waals surface area contributed by atoms with Gasteiger partial charge in [-0.15, -0.1) is 0 Å². The molecule has 0 heterocycles. The summed E-state index contributed by atoms with van der Waals surface area (Å²) in [6, 6.07) is 0.648. The first-order valence-corrected chi connectivity index (χ1v) is 4.41. The molecule has 2 heteroatoms. The predicted molar refractivity (Wildman–Crippen MR) is 48.6 cm³/mol. The zero-order valence-electron chi connectivity index (χ0n) is 8.26. The van der Waals surface area contributed by atoms with Crippen molar-refractivity contribution in [1.29, 1.82) is 0 Å². The van der Waals surface area contributed by atoms with Gasteiger partial charge in [-0.05, 0) is 20.4 Å². The van der Waals surface area contributed by atoms with Crippen molar-refractivity contribution >= 4 is 0 Å². The molecule has 0 rings (SSSR count). The van der Waals surface area contributed by atoms with E-state index >= 15 is 0 Å². The molecule has 0 saturated carbocycles. The second kappa shape index (κ2) is 6.62. The second-order valence-corrected chi connectivity index (χ2v) is 3.17. The van der Waals surface area contributed by atoms with E-state index in [1.807, 2.05) is 0 Å². The first-order valence-electron chi connectivity index (χ1n) is 4.41. The maximum atomic E-state index is 5.03. The molecule has 0 fully saturated rings. The Bertz CT molecular complexity index is 85.6. The lowest BCUT2D eigenvalue weighted by Gasteiger charge is -2.23.